The van der Waals surface area contributed by atoms with Gasteiger partial charge in [0.2, 0.25) is 0 Å². The molecule has 0 aromatic heterocycles. The lowest BCUT2D eigenvalue weighted by molar-refractivity contribution is -0.213. The van der Waals surface area contributed by atoms with Crippen molar-refractivity contribution in [1.82, 2.24) is 0 Å². The van der Waals surface area contributed by atoms with Gasteiger partial charge in [0.05, 0.1) is 13.2 Å². The molecule has 21 heavy (non-hydrogen) atoms. The maximum absolute atomic E-state index is 6.48. The maximum Gasteiger partial charge on any atom is 0.112 e. The molecule has 1 saturated heterocycles. The molecule has 0 unspecified atom stereocenters. The van der Waals surface area contributed by atoms with Gasteiger partial charge in [-0.3, -0.25) is 0 Å². The Balaban J connectivity index is 1.75. The van der Waals surface area contributed by atoms with Crippen molar-refractivity contribution < 1.29 is 9.47 Å². The standard InChI is InChI=1S/C19H26O2/c1-2-4-8-12-19-17(11-5-3-1)15-9-6-7-10-16(15)18(19)20-13-14-21-19/h6-7,9-10,17-18H,1-5,8,11-14H2/t17-,18-,19+/m1/s1. The highest BCUT2D eigenvalue weighted by molar-refractivity contribution is 5.43. The Kier molecular flexibility index (Phi) is 3.76. The van der Waals surface area contributed by atoms with Crippen molar-refractivity contribution in [3.8, 4) is 0 Å². The Bertz CT molecular complexity index is 498. The second-order valence-electron chi connectivity index (χ2n) is 6.90. The van der Waals surface area contributed by atoms with Crippen molar-refractivity contribution in [2.24, 2.45) is 0 Å². The zero-order valence-electron chi connectivity index (χ0n) is 12.9. The van der Waals surface area contributed by atoms with E-state index >= 15 is 0 Å². The fourth-order valence-electron chi connectivity index (χ4n) is 4.82. The SMILES string of the molecule is c1ccc2c(c1)[C@H]1CCCCCCCC[C@]13OCCO[C@H]23. The normalized spacial score (nSPS) is 36.4. The fraction of sp³-hybridized carbons (Fsp3) is 0.684. The first-order valence-electron chi connectivity index (χ1n) is 8.76. The highest BCUT2D eigenvalue weighted by atomic mass is 16.6. The molecule has 0 amide bonds. The molecule has 3 atom stereocenters. The first kappa shape index (κ1) is 13.8. The Hall–Kier alpha value is -0.860. The summed E-state index contributed by atoms with van der Waals surface area (Å²) in [6, 6.07) is 8.92. The molecule has 1 saturated carbocycles. The summed E-state index contributed by atoms with van der Waals surface area (Å²) < 4.78 is 12.7. The van der Waals surface area contributed by atoms with Gasteiger partial charge >= 0.3 is 0 Å². The van der Waals surface area contributed by atoms with Crippen LogP contribution in [0, 0.1) is 0 Å². The Labute approximate surface area is 127 Å². The van der Waals surface area contributed by atoms with Crippen LogP contribution in [0.1, 0.15) is 74.5 Å². The minimum atomic E-state index is -0.0702. The van der Waals surface area contributed by atoms with Crippen molar-refractivity contribution in [3.05, 3.63) is 35.4 Å². The lowest BCUT2D eigenvalue weighted by Crippen LogP contribution is -2.46. The molecule has 4 rings (SSSR count). The van der Waals surface area contributed by atoms with E-state index in [0.717, 1.165) is 19.6 Å². The Morgan fingerprint density at radius 1 is 0.857 bits per heavy atom. The van der Waals surface area contributed by atoms with Gasteiger partial charge in [-0.2, -0.15) is 0 Å². The van der Waals surface area contributed by atoms with Crippen molar-refractivity contribution in [2.75, 3.05) is 13.2 Å². The summed E-state index contributed by atoms with van der Waals surface area (Å²) in [7, 11) is 0. The summed E-state index contributed by atoms with van der Waals surface area (Å²) in [4.78, 5) is 0. The predicted octanol–water partition coefficient (Wildman–Crippen LogP) is 4.74. The van der Waals surface area contributed by atoms with Gasteiger partial charge in [-0.25, -0.2) is 0 Å². The highest BCUT2D eigenvalue weighted by Gasteiger charge is 2.55. The van der Waals surface area contributed by atoms with Gasteiger partial charge in [0.25, 0.3) is 0 Å². The molecule has 0 radical (unpaired) electrons. The van der Waals surface area contributed by atoms with E-state index < -0.39 is 0 Å². The summed E-state index contributed by atoms with van der Waals surface area (Å²) in [5, 5.41) is 0. The van der Waals surface area contributed by atoms with E-state index in [1.54, 1.807) is 0 Å². The molecule has 2 heteroatoms. The van der Waals surface area contributed by atoms with Gasteiger partial charge in [0, 0.05) is 5.92 Å². The summed E-state index contributed by atoms with van der Waals surface area (Å²) in [5.41, 5.74) is 2.84. The molecule has 2 fully saturated rings. The molecule has 2 aliphatic carbocycles. The molecular formula is C19H26O2. The Morgan fingerprint density at radius 3 is 2.52 bits per heavy atom. The third-order valence-electron chi connectivity index (χ3n) is 5.74. The quantitative estimate of drug-likeness (QED) is 0.685. The van der Waals surface area contributed by atoms with Gasteiger partial charge in [0.15, 0.2) is 0 Å². The van der Waals surface area contributed by atoms with Crippen molar-refractivity contribution in [1.29, 1.82) is 0 Å². The average molecular weight is 286 g/mol. The van der Waals surface area contributed by atoms with Crippen LogP contribution in [-0.2, 0) is 9.47 Å². The predicted molar refractivity (Wildman–Crippen MR) is 83.5 cm³/mol. The monoisotopic (exact) mass is 286 g/mol. The lowest BCUT2D eigenvalue weighted by Gasteiger charge is -2.44. The molecular weight excluding hydrogens is 260 g/mol. The summed E-state index contributed by atoms with van der Waals surface area (Å²) in [6.45, 7) is 1.51. The van der Waals surface area contributed by atoms with Crippen LogP contribution in [0.3, 0.4) is 0 Å². The summed E-state index contributed by atoms with van der Waals surface area (Å²) in [5.74, 6) is 0.539. The van der Waals surface area contributed by atoms with Crippen LogP contribution in [0.5, 0.6) is 0 Å². The van der Waals surface area contributed by atoms with E-state index in [1.807, 2.05) is 0 Å². The number of ether oxygens (including phenoxy) is 2. The Morgan fingerprint density at radius 2 is 1.62 bits per heavy atom. The maximum atomic E-state index is 6.48. The largest absolute Gasteiger partial charge is 0.369 e. The average Bonchev–Trinajstić information content (AvgIpc) is 2.81. The third-order valence-corrected chi connectivity index (χ3v) is 5.74. The molecule has 2 nitrogen and oxygen atoms in total. The number of fused-ring (bicyclic) bond motifs is 3. The first-order valence-corrected chi connectivity index (χ1v) is 8.76. The van der Waals surface area contributed by atoms with Crippen LogP contribution in [0.15, 0.2) is 24.3 Å². The molecule has 1 spiro atoms. The van der Waals surface area contributed by atoms with E-state index in [-0.39, 0.29) is 11.7 Å². The molecule has 114 valence electrons. The van der Waals surface area contributed by atoms with Crippen molar-refractivity contribution >= 4 is 0 Å². The van der Waals surface area contributed by atoms with Crippen LogP contribution in [0.4, 0.5) is 0 Å². The zero-order valence-corrected chi connectivity index (χ0v) is 12.9. The topological polar surface area (TPSA) is 18.5 Å². The van der Waals surface area contributed by atoms with Gasteiger partial charge in [-0.05, 0) is 24.0 Å². The van der Waals surface area contributed by atoms with Crippen LogP contribution < -0.4 is 0 Å². The minimum absolute atomic E-state index is 0.0702. The third kappa shape index (κ3) is 2.24. The first-order chi connectivity index (χ1) is 10.4. The van der Waals surface area contributed by atoms with Crippen molar-refractivity contribution in [3.63, 3.8) is 0 Å². The number of rotatable bonds is 0. The molecule has 0 N–H and O–H groups in total. The molecule has 1 aliphatic heterocycles. The van der Waals surface area contributed by atoms with Crippen LogP contribution >= 0.6 is 0 Å². The number of benzene rings is 1. The molecule has 3 aliphatic rings. The molecule has 0 bridgehead atoms. The van der Waals surface area contributed by atoms with Gasteiger partial charge < -0.3 is 9.47 Å². The van der Waals surface area contributed by atoms with E-state index in [0.29, 0.717) is 5.92 Å². The second-order valence-corrected chi connectivity index (χ2v) is 6.90. The summed E-state index contributed by atoms with van der Waals surface area (Å²) in [6.07, 6.45) is 10.7. The van der Waals surface area contributed by atoms with Crippen LogP contribution in [-0.4, -0.2) is 18.8 Å². The lowest BCUT2D eigenvalue weighted by atomic mass is 9.78. The zero-order chi connectivity index (χ0) is 14.1. The van der Waals surface area contributed by atoms with Crippen LogP contribution in [0.2, 0.25) is 0 Å². The van der Waals surface area contributed by atoms with Gasteiger partial charge in [-0.1, -0.05) is 62.8 Å². The second kappa shape index (κ2) is 5.73. The van der Waals surface area contributed by atoms with Gasteiger partial charge in [-0.15, -0.1) is 0 Å². The van der Waals surface area contributed by atoms with Crippen molar-refractivity contribution in [2.45, 2.75) is 69.0 Å². The summed E-state index contributed by atoms with van der Waals surface area (Å²) >= 11 is 0. The highest BCUT2D eigenvalue weighted by Crippen LogP contribution is 2.57. The van der Waals surface area contributed by atoms with E-state index in [1.165, 1.54) is 56.1 Å². The molecule has 1 aromatic rings. The number of hydrogen-bond acceptors (Lipinski definition) is 2. The van der Waals surface area contributed by atoms with Crippen LogP contribution in [0.25, 0.3) is 0 Å². The fourth-order valence-corrected chi connectivity index (χ4v) is 4.82. The molecule has 1 heterocycles. The number of hydrogen-bond donors (Lipinski definition) is 0. The minimum Gasteiger partial charge on any atom is -0.369 e. The van der Waals surface area contributed by atoms with Gasteiger partial charge in [0.1, 0.15) is 11.7 Å². The molecule has 1 aromatic carbocycles. The smallest absolute Gasteiger partial charge is 0.112 e. The van der Waals surface area contributed by atoms with E-state index in [2.05, 4.69) is 24.3 Å². The van der Waals surface area contributed by atoms with E-state index in [9.17, 15) is 0 Å². The van der Waals surface area contributed by atoms with E-state index in [4.69, 9.17) is 9.47 Å².